The summed E-state index contributed by atoms with van der Waals surface area (Å²) < 4.78 is 0. The fourth-order valence-corrected chi connectivity index (χ4v) is 4.84. The minimum atomic E-state index is -0.375. The van der Waals surface area contributed by atoms with E-state index in [1.54, 1.807) is 0 Å². The van der Waals surface area contributed by atoms with E-state index >= 15 is 0 Å². The van der Waals surface area contributed by atoms with Gasteiger partial charge in [0.05, 0.1) is 12.0 Å². The Morgan fingerprint density at radius 1 is 0.793 bits per heavy atom. The molecule has 29 heavy (non-hydrogen) atoms. The molecule has 0 bridgehead atoms. The van der Waals surface area contributed by atoms with Crippen LogP contribution in [0.5, 0.6) is 0 Å². The Bertz CT molecular complexity index is 995. The van der Waals surface area contributed by atoms with Crippen LogP contribution in [-0.2, 0) is 23.3 Å². The summed E-state index contributed by atoms with van der Waals surface area (Å²) in [5.74, 6) is 0.270. The van der Waals surface area contributed by atoms with Crippen LogP contribution in [0.25, 0.3) is 0 Å². The van der Waals surface area contributed by atoms with Crippen molar-refractivity contribution in [1.82, 2.24) is 9.88 Å². The van der Waals surface area contributed by atoms with Gasteiger partial charge in [-0.3, -0.25) is 14.7 Å². The number of likely N-dealkylation sites (tertiary alicyclic amines) is 1. The van der Waals surface area contributed by atoms with E-state index in [2.05, 4.69) is 52.3 Å². The number of piperidine rings is 1. The zero-order valence-electron chi connectivity index (χ0n) is 16.5. The van der Waals surface area contributed by atoms with Gasteiger partial charge in [-0.25, -0.2) is 0 Å². The van der Waals surface area contributed by atoms with Gasteiger partial charge in [0.2, 0.25) is 5.91 Å². The maximum atomic E-state index is 13.7. The van der Waals surface area contributed by atoms with Crippen LogP contribution in [0.3, 0.4) is 0 Å². The van der Waals surface area contributed by atoms with Gasteiger partial charge in [0.25, 0.3) is 0 Å². The molecule has 146 valence electrons. The fourth-order valence-electron chi connectivity index (χ4n) is 4.84. The molecule has 1 fully saturated rings. The fraction of sp³-hybridized carbons (Fsp3) is 0.280. The van der Waals surface area contributed by atoms with Gasteiger partial charge in [-0.2, -0.15) is 0 Å². The summed E-state index contributed by atoms with van der Waals surface area (Å²) in [6.45, 7) is 3.42. The third kappa shape index (κ3) is 3.23. The Morgan fingerprint density at radius 3 is 2.21 bits per heavy atom. The number of nitrogens with zero attached hydrogens (tertiary/aromatic N) is 3. The van der Waals surface area contributed by atoms with Crippen LogP contribution in [0.15, 0.2) is 79.1 Å². The minimum Gasteiger partial charge on any atom is -0.307 e. The van der Waals surface area contributed by atoms with Gasteiger partial charge < -0.3 is 4.90 Å². The number of pyridine rings is 1. The van der Waals surface area contributed by atoms with Gasteiger partial charge in [0.15, 0.2) is 0 Å². The molecule has 2 aliphatic rings. The molecule has 0 radical (unpaired) electrons. The van der Waals surface area contributed by atoms with E-state index in [-0.39, 0.29) is 11.3 Å². The Morgan fingerprint density at radius 2 is 1.45 bits per heavy atom. The number of hydrogen-bond donors (Lipinski definition) is 0. The van der Waals surface area contributed by atoms with E-state index in [0.717, 1.165) is 38.2 Å². The summed E-state index contributed by atoms with van der Waals surface area (Å²) in [6, 6.07) is 22.8. The van der Waals surface area contributed by atoms with E-state index in [0.29, 0.717) is 6.54 Å². The van der Waals surface area contributed by atoms with Crippen LogP contribution in [0.4, 0.5) is 5.69 Å². The van der Waals surface area contributed by atoms with E-state index in [4.69, 9.17) is 0 Å². The molecule has 4 heteroatoms. The van der Waals surface area contributed by atoms with Gasteiger partial charge in [-0.1, -0.05) is 48.5 Å². The number of fused-ring (bicyclic) bond motifs is 2. The Kier molecular flexibility index (Phi) is 4.64. The highest BCUT2D eigenvalue weighted by atomic mass is 16.2. The Balaban J connectivity index is 1.38. The summed E-state index contributed by atoms with van der Waals surface area (Å²) in [5, 5.41) is 0. The first-order valence-corrected chi connectivity index (χ1v) is 10.3. The maximum Gasteiger partial charge on any atom is 0.238 e. The van der Waals surface area contributed by atoms with Gasteiger partial charge in [-0.15, -0.1) is 0 Å². The monoisotopic (exact) mass is 383 g/mol. The van der Waals surface area contributed by atoms with Crippen LogP contribution < -0.4 is 4.90 Å². The highest BCUT2D eigenvalue weighted by Gasteiger charge is 2.51. The van der Waals surface area contributed by atoms with E-state index in [9.17, 15) is 4.79 Å². The number of anilines is 1. The lowest BCUT2D eigenvalue weighted by Gasteiger charge is -2.38. The first-order valence-electron chi connectivity index (χ1n) is 10.3. The number of aromatic nitrogens is 1. The van der Waals surface area contributed by atoms with Gasteiger partial charge in [-0.05, 0) is 60.8 Å². The maximum absolute atomic E-state index is 13.7. The molecular weight excluding hydrogens is 358 g/mol. The molecule has 2 aliphatic heterocycles. The number of hydrogen-bond acceptors (Lipinski definition) is 3. The van der Waals surface area contributed by atoms with Crippen molar-refractivity contribution in [3.8, 4) is 0 Å². The number of rotatable bonds is 4. The molecule has 1 aromatic heterocycles. The van der Waals surface area contributed by atoms with E-state index in [1.807, 2.05) is 41.6 Å². The third-order valence-corrected chi connectivity index (χ3v) is 6.41. The normalized spacial score (nSPS) is 18.2. The molecular formula is C25H25N3O. The molecule has 4 nitrogen and oxygen atoms in total. The van der Waals surface area contributed by atoms with Crippen molar-refractivity contribution < 1.29 is 4.79 Å². The summed E-state index contributed by atoms with van der Waals surface area (Å²) in [6.07, 6.45) is 5.44. The topological polar surface area (TPSA) is 36.4 Å². The second-order valence-electron chi connectivity index (χ2n) is 8.11. The molecule has 2 aromatic carbocycles. The second kappa shape index (κ2) is 7.45. The molecule has 3 aromatic rings. The van der Waals surface area contributed by atoms with Crippen LogP contribution >= 0.6 is 0 Å². The van der Waals surface area contributed by atoms with Crippen LogP contribution in [0.1, 0.15) is 29.5 Å². The van der Waals surface area contributed by atoms with Crippen LogP contribution in [0, 0.1) is 0 Å². The molecule has 0 saturated carbocycles. The molecule has 3 heterocycles. The van der Waals surface area contributed by atoms with Gasteiger partial charge >= 0.3 is 0 Å². The van der Waals surface area contributed by atoms with Gasteiger partial charge in [0, 0.05) is 24.6 Å². The van der Waals surface area contributed by atoms with Crippen molar-refractivity contribution in [2.45, 2.75) is 31.3 Å². The molecule has 1 spiro atoms. The van der Waals surface area contributed by atoms with Crippen molar-refractivity contribution in [2.75, 3.05) is 18.0 Å². The number of carbonyl (C=O) groups excluding carboxylic acids is 1. The predicted octanol–water partition coefficient (Wildman–Crippen LogP) is 4.16. The number of para-hydroxylation sites is 1. The molecule has 0 unspecified atom stereocenters. The van der Waals surface area contributed by atoms with Crippen molar-refractivity contribution in [3.63, 3.8) is 0 Å². The molecule has 0 N–H and O–H groups in total. The molecule has 1 amide bonds. The lowest BCUT2D eigenvalue weighted by atomic mass is 9.73. The zero-order valence-corrected chi connectivity index (χ0v) is 16.5. The Hall–Kier alpha value is -2.98. The SMILES string of the molecule is O=C1N(Cc2ccccc2)c2ccccc2C12CCN(Cc1ccncc1)CC2. The van der Waals surface area contributed by atoms with Crippen molar-refractivity contribution in [1.29, 1.82) is 0 Å². The smallest absolute Gasteiger partial charge is 0.238 e. The van der Waals surface area contributed by atoms with Gasteiger partial charge in [0.1, 0.15) is 0 Å². The van der Waals surface area contributed by atoms with Crippen LogP contribution in [-0.4, -0.2) is 28.9 Å². The standard InChI is InChI=1S/C25H25N3O/c29-24-25(12-16-27(17-13-25)18-21-10-14-26-15-11-21)22-8-4-5-9-23(22)28(24)19-20-6-2-1-3-7-20/h1-11,14-15H,12-13,16-19H2. The molecule has 5 rings (SSSR count). The van der Waals surface area contributed by atoms with Crippen molar-refractivity contribution >= 4 is 11.6 Å². The average Bonchev–Trinajstić information content (AvgIpc) is 3.00. The largest absolute Gasteiger partial charge is 0.307 e. The van der Waals surface area contributed by atoms with Crippen molar-refractivity contribution in [3.05, 3.63) is 95.8 Å². The minimum absolute atomic E-state index is 0.270. The first kappa shape index (κ1) is 18.1. The lowest BCUT2D eigenvalue weighted by molar-refractivity contribution is -0.125. The predicted molar refractivity (Wildman–Crippen MR) is 115 cm³/mol. The summed E-state index contributed by atoms with van der Waals surface area (Å²) in [4.78, 5) is 22.3. The lowest BCUT2D eigenvalue weighted by Crippen LogP contribution is -2.48. The first-order chi connectivity index (χ1) is 14.3. The highest BCUT2D eigenvalue weighted by molar-refractivity contribution is 6.08. The van der Waals surface area contributed by atoms with E-state index in [1.165, 1.54) is 16.7 Å². The number of amides is 1. The van der Waals surface area contributed by atoms with Crippen LogP contribution in [0.2, 0.25) is 0 Å². The number of benzene rings is 2. The number of carbonyl (C=O) groups is 1. The summed E-state index contributed by atoms with van der Waals surface area (Å²) in [7, 11) is 0. The molecule has 0 atom stereocenters. The average molecular weight is 383 g/mol. The molecule has 0 aliphatic carbocycles. The second-order valence-corrected chi connectivity index (χ2v) is 8.11. The highest BCUT2D eigenvalue weighted by Crippen LogP contribution is 2.48. The van der Waals surface area contributed by atoms with E-state index < -0.39 is 0 Å². The third-order valence-electron chi connectivity index (χ3n) is 6.41. The molecule has 1 saturated heterocycles. The zero-order chi connectivity index (χ0) is 19.7. The van der Waals surface area contributed by atoms with Crippen molar-refractivity contribution in [2.24, 2.45) is 0 Å². The quantitative estimate of drug-likeness (QED) is 0.679. The Labute approximate surface area is 171 Å². The summed E-state index contributed by atoms with van der Waals surface area (Å²) >= 11 is 0. The summed E-state index contributed by atoms with van der Waals surface area (Å²) in [5.41, 5.74) is 4.37.